The minimum Gasteiger partial charge on any atom is -0.496 e. The smallest absolute Gasteiger partial charge is 0.296 e. The Morgan fingerprint density at radius 1 is 1.46 bits per heavy atom. The number of benzene rings is 1. The molecule has 9 nitrogen and oxygen atoms in total. The molecule has 0 unspecified atom stereocenters. The molecule has 140 valence electrons. The number of hydrogen-bond acceptors (Lipinski definition) is 7. The summed E-state index contributed by atoms with van der Waals surface area (Å²) in [5, 5.41) is 13.7. The molecule has 10 heteroatoms. The van der Waals surface area contributed by atoms with Gasteiger partial charge in [-0.15, -0.1) is 0 Å². The van der Waals surface area contributed by atoms with Crippen molar-refractivity contribution in [1.29, 1.82) is 0 Å². The van der Waals surface area contributed by atoms with Crippen LogP contribution in [-0.2, 0) is 9.59 Å². The largest absolute Gasteiger partial charge is 0.496 e. The molecule has 1 saturated heterocycles. The van der Waals surface area contributed by atoms with Crippen LogP contribution < -0.4 is 10.1 Å². The summed E-state index contributed by atoms with van der Waals surface area (Å²) in [6.07, 6.45) is -0.0914. The molecule has 1 heterocycles. The molecule has 1 aromatic rings. The van der Waals surface area contributed by atoms with Gasteiger partial charge < -0.3 is 10.1 Å². The number of methoxy groups -OCH3 is 1. The Labute approximate surface area is 154 Å². The highest BCUT2D eigenvalue weighted by atomic mass is 32.2. The molecule has 0 saturated carbocycles. The van der Waals surface area contributed by atoms with Crippen LogP contribution in [0.2, 0.25) is 0 Å². The van der Waals surface area contributed by atoms with E-state index in [1.807, 2.05) is 13.8 Å². The minimum absolute atomic E-state index is 0.0612. The molecule has 0 spiro atoms. The van der Waals surface area contributed by atoms with Crippen molar-refractivity contribution in [1.82, 2.24) is 4.90 Å². The van der Waals surface area contributed by atoms with Crippen molar-refractivity contribution < 1.29 is 19.2 Å². The number of ether oxygens (including phenoxy) is 1. The summed E-state index contributed by atoms with van der Waals surface area (Å²) < 4.78 is 4.96. The lowest BCUT2D eigenvalue weighted by molar-refractivity contribution is -0.384. The Bertz CT molecular complexity index is 752. The zero-order chi connectivity index (χ0) is 19.3. The molecule has 0 aliphatic carbocycles. The number of carbonyl (C=O) groups excluding carboxylic acids is 2. The van der Waals surface area contributed by atoms with Gasteiger partial charge in [0, 0.05) is 19.5 Å². The number of carbonyl (C=O) groups is 2. The zero-order valence-electron chi connectivity index (χ0n) is 14.7. The topological polar surface area (TPSA) is 114 Å². The van der Waals surface area contributed by atoms with Gasteiger partial charge in [-0.3, -0.25) is 29.6 Å². The molecule has 26 heavy (non-hydrogen) atoms. The first-order chi connectivity index (χ1) is 12.4. The third-order valence-electron chi connectivity index (χ3n) is 3.68. The Morgan fingerprint density at radius 3 is 2.77 bits per heavy atom. The Kier molecular flexibility index (Phi) is 6.56. The maximum Gasteiger partial charge on any atom is 0.296 e. The molecule has 1 aromatic carbocycles. The Morgan fingerprint density at radius 2 is 2.19 bits per heavy atom. The van der Waals surface area contributed by atoms with Crippen LogP contribution in [0.5, 0.6) is 5.75 Å². The summed E-state index contributed by atoms with van der Waals surface area (Å²) in [4.78, 5) is 41.1. The number of nitro benzene ring substituents is 1. The highest BCUT2D eigenvalue weighted by Gasteiger charge is 2.38. The summed E-state index contributed by atoms with van der Waals surface area (Å²) in [5.74, 6) is -0.336. The van der Waals surface area contributed by atoms with Gasteiger partial charge in [0.1, 0.15) is 16.7 Å². The van der Waals surface area contributed by atoms with E-state index in [2.05, 4.69) is 10.3 Å². The van der Waals surface area contributed by atoms with Gasteiger partial charge in [0.15, 0.2) is 5.17 Å². The van der Waals surface area contributed by atoms with E-state index in [1.165, 1.54) is 37.1 Å². The van der Waals surface area contributed by atoms with E-state index in [4.69, 9.17) is 4.74 Å². The number of rotatable bonds is 7. The number of aliphatic imine (C=N–C) groups is 1. The predicted molar refractivity (Wildman–Crippen MR) is 99.6 cm³/mol. The van der Waals surface area contributed by atoms with Crippen LogP contribution in [0.25, 0.3) is 0 Å². The first-order valence-electron chi connectivity index (χ1n) is 8.06. The van der Waals surface area contributed by atoms with Gasteiger partial charge >= 0.3 is 0 Å². The van der Waals surface area contributed by atoms with E-state index in [0.29, 0.717) is 24.0 Å². The number of nitrogens with one attached hydrogen (secondary N) is 1. The molecule has 1 aliphatic rings. The maximum atomic E-state index is 12.4. The Hall–Kier alpha value is -2.62. The van der Waals surface area contributed by atoms with Crippen LogP contribution in [0.3, 0.4) is 0 Å². The van der Waals surface area contributed by atoms with Gasteiger partial charge in [-0.1, -0.05) is 11.8 Å². The van der Waals surface area contributed by atoms with Crippen molar-refractivity contribution in [3.63, 3.8) is 0 Å². The third kappa shape index (κ3) is 4.31. The molecule has 1 N–H and O–H groups in total. The molecule has 1 aliphatic heterocycles. The van der Waals surface area contributed by atoms with E-state index in [-0.39, 0.29) is 23.7 Å². The van der Waals surface area contributed by atoms with E-state index < -0.39 is 16.1 Å². The quantitative estimate of drug-likeness (QED) is 0.573. The molecule has 0 bridgehead atoms. The summed E-state index contributed by atoms with van der Waals surface area (Å²) in [7, 11) is 1.40. The number of amides is 2. The average Bonchev–Trinajstić information content (AvgIpc) is 2.90. The molecule has 2 amide bonds. The van der Waals surface area contributed by atoms with Crippen LogP contribution in [0.15, 0.2) is 23.2 Å². The monoisotopic (exact) mass is 380 g/mol. The molecule has 1 atom stereocenters. The summed E-state index contributed by atoms with van der Waals surface area (Å²) in [6, 6.07) is 4.15. The molecule has 0 radical (unpaired) electrons. The van der Waals surface area contributed by atoms with Gasteiger partial charge in [-0.05, 0) is 26.0 Å². The second-order valence-electron chi connectivity index (χ2n) is 5.34. The highest BCUT2D eigenvalue weighted by molar-refractivity contribution is 8.15. The van der Waals surface area contributed by atoms with Crippen LogP contribution in [0.4, 0.5) is 11.4 Å². The van der Waals surface area contributed by atoms with Crippen LogP contribution >= 0.6 is 11.8 Å². The lowest BCUT2D eigenvalue weighted by atomic mass is 10.2. The molecule has 1 fully saturated rings. The van der Waals surface area contributed by atoms with Crippen molar-refractivity contribution in [3.05, 3.63) is 28.3 Å². The summed E-state index contributed by atoms with van der Waals surface area (Å²) in [5.41, 5.74) is -0.211. The summed E-state index contributed by atoms with van der Waals surface area (Å²) >= 11 is 1.24. The number of nitro groups is 1. The second kappa shape index (κ2) is 8.65. The fourth-order valence-electron chi connectivity index (χ4n) is 2.45. The highest BCUT2D eigenvalue weighted by Crippen LogP contribution is 2.32. The first kappa shape index (κ1) is 19.7. The van der Waals surface area contributed by atoms with E-state index in [0.717, 1.165) is 0 Å². The number of nitrogens with zero attached hydrogens (tertiary/aromatic N) is 3. The lowest BCUT2D eigenvalue weighted by Gasteiger charge is -2.13. The minimum atomic E-state index is -0.599. The van der Waals surface area contributed by atoms with Crippen molar-refractivity contribution in [2.45, 2.75) is 25.5 Å². The van der Waals surface area contributed by atoms with E-state index >= 15 is 0 Å². The van der Waals surface area contributed by atoms with Gasteiger partial charge in [-0.25, -0.2) is 0 Å². The third-order valence-corrected chi connectivity index (χ3v) is 4.89. The molecule has 2 rings (SSSR count). The second-order valence-corrected chi connectivity index (χ2v) is 6.51. The van der Waals surface area contributed by atoms with Gasteiger partial charge in [0.05, 0.1) is 18.1 Å². The van der Waals surface area contributed by atoms with Crippen molar-refractivity contribution in [2.24, 2.45) is 4.99 Å². The van der Waals surface area contributed by atoms with Crippen molar-refractivity contribution in [2.75, 3.05) is 25.5 Å². The summed E-state index contributed by atoms with van der Waals surface area (Å²) in [6.45, 7) is 4.73. The van der Waals surface area contributed by atoms with Crippen LogP contribution in [-0.4, -0.2) is 52.3 Å². The maximum absolute atomic E-state index is 12.4. The molecule has 0 aromatic heterocycles. The standard InChI is InChI=1S/C16H20N4O5S/c1-4-17-16-19(5-2)15(22)13(26-16)9-14(21)18-11-7-6-10(25-3)8-12(11)20(23)24/h6-8,13H,4-5,9H2,1-3H3,(H,18,21)/t13-/m0/s1. The molecular weight excluding hydrogens is 360 g/mol. The fourth-order valence-corrected chi connectivity index (χ4v) is 3.72. The predicted octanol–water partition coefficient (Wildman–Crippen LogP) is 2.27. The van der Waals surface area contributed by atoms with Crippen LogP contribution in [0.1, 0.15) is 20.3 Å². The lowest BCUT2D eigenvalue weighted by Crippen LogP contribution is -2.33. The van der Waals surface area contributed by atoms with Gasteiger partial charge in [-0.2, -0.15) is 0 Å². The van der Waals surface area contributed by atoms with Crippen molar-refractivity contribution in [3.8, 4) is 5.75 Å². The molecular formula is C16H20N4O5S. The van der Waals surface area contributed by atoms with Crippen molar-refractivity contribution >= 4 is 40.1 Å². The number of thioether (sulfide) groups is 1. The normalized spacial score (nSPS) is 18.3. The zero-order valence-corrected chi connectivity index (χ0v) is 15.5. The van der Waals surface area contributed by atoms with E-state index in [9.17, 15) is 19.7 Å². The number of hydrogen-bond donors (Lipinski definition) is 1. The van der Waals surface area contributed by atoms with E-state index in [1.54, 1.807) is 4.90 Å². The number of anilines is 1. The SMILES string of the molecule is CCN=C1S[C@@H](CC(=O)Nc2ccc(OC)cc2[N+](=O)[O-])C(=O)N1CC. The first-order valence-corrected chi connectivity index (χ1v) is 8.93. The van der Waals surface area contributed by atoms with Gasteiger partial charge in [0.2, 0.25) is 11.8 Å². The Balaban J connectivity index is 2.11. The average molecular weight is 380 g/mol. The fraction of sp³-hybridized carbons (Fsp3) is 0.438. The number of amidine groups is 1. The van der Waals surface area contributed by atoms with Gasteiger partial charge in [0.25, 0.3) is 5.69 Å². The van der Waals surface area contributed by atoms with Crippen LogP contribution in [0, 0.1) is 10.1 Å².